The molecule has 0 atom stereocenters. The molecule has 1 aromatic heterocycles. The van der Waals surface area contributed by atoms with Crippen molar-refractivity contribution >= 4 is 16.5 Å². The van der Waals surface area contributed by atoms with Crippen LogP contribution in [0.25, 0.3) is 0 Å². The Hall–Kier alpha value is -1.70. The normalized spacial score (nSPS) is 11.6. The number of benzene rings is 1. The smallest absolute Gasteiger partial charge is 0.356 e. The molecule has 0 spiro atoms. The number of halogens is 4. The van der Waals surface area contributed by atoms with E-state index in [1.807, 2.05) is 0 Å². The quantitative estimate of drug-likeness (QED) is 0.877. The maximum atomic E-state index is 12.7. The largest absolute Gasteiger partial charge is 0.395 e. The van der Waals surface area contributed by atoms with Crippen LogP contribution in [0.5, 0.6) is 0 Å². The van der Waals surface area contributed by atoms with Crippen LogP contribution in [0.2, 0.25) is 0 Å². The van der Waals surface area contributed by atoms with Gasteiger partial charge in [-0.2, -0.15) is 13.2 Å². The zero-order valence-electron chi connectivity index (χ0n) is 9.54. The van der Waals surface area contributed by atoms with Crippen LogP contribution >= 0.6 is 11.3 Å². The van der Waals surface area contributed by atoms with Gasteiger partial charge in [0.15, 0.2) is 0 Å². The van der Waals surface area contributed by atoms with E-state index >= 15 is 0 Å². The van der Waals surface area contributed by atoms with Gasteiger partial charge >= 0.3 is 6.18 Å². The fourth-order valence-electron chi connectivity index (χ4n) is 1.35. The average molecular weight is 291 g/mol. The molecule has 2 rings (SSSR count). The summed E-state index contributed by atoms with van der Waals surface area (Å²) in [5.41, 5.74) is 0.800. The Balaban J connectivity index is 1.91. The monoisotopic (exact) mass is 291 g/mol. The predicted molar refractivity (Wildman–Crippen MR) is 63.4 cm³/mol. The minimum absolute atomic E-state index is 0.0888. The molecular weight excluding hydrogens is 282 g/mol. The molecule has 0 saturated heterocycles. The third kappa shape index (κ3) is 4.47. The number of alkyl halides is 3. The predicted octanol–water partition coefficient (Wildman–Crippen LogP) is 3.39. The van der Waals surface area contributed by atoms with Gasteiger partial charge in [0.25, 0.3) is 0 Å². The van der Waals surface area contributed by atoms with Gasteiger partial charge in [0.2, 0.25) is 5.13 Å². The highest BCUT2D eigenvalue weighted by molar-refractivity contribution is 7.15. The maximum Gasteiger partial charge on any atom is 0.395 e. The van der Waals surface area contributed by atoms with Crippen molar-refractivity contribution in [3.63, 3.8) is 0 Å². The molecule has 1 N–H and O–H groups in total. The second-order valence-electron chi connectivity index (χ2n) is 3.77. The summed E-state index contributed by atoms with van der Waals surface area (Å²) in [6.45, 7) is 0.348. The van der Waals surface area contributed by atoms with E-state index in [4.69, 9.17) is 0 Å². The first-order chi connectivity index (χ1) is 8.92. The number of rotatable bonds is 4. The molecule has 0 radical (unpaired) electrons. The third-order valence-corrected chi connectivity index (χ3v) is 3.06. The molecule has 0 aliphatic carbocycles. The van der Waals surface area contributed by atoms with Gasteiger partial charge in [-0.05, 0) is 17.7 Å². The molecule has 0 fully saturated rings. The first-order valence-corrected chi connectivity index (χ1v) is 6.11. The van der Waals surface area contributed by atoms with Crippen LogP contribution in [-0.2, 0) is 13.0 Å². The second-order valence-corrected chi connectivity index (χ2v) is 4.83. The number of aromatic nitrogens is 2. The summed E-state index contributed by atoms with van der Waals surface area (Å²) < 4.78 is 49.0. The van der Waals surface area contributed by atoms with Crippen molar-refractivity contribution in [2.45, 2.75) is 19.1 Å². The Kier molecular flexibility index (Phi) is 3.98. The average Bonchev–Trinajstić information content (AvgIpc) is 2.73. The van der Waals surface area contributed by atoms with Gasteiger partial charge in [0.05, 0.1) is 6.42 Å². The lowest BCUT2D eigenvalue weighted by Crippen LogP contribution is -2.11. The fraction of sp³-hybridized carbons (Fsp3) is 0.273. The number of nitrogens with zero attached hydrogens (tertiary/aromatic N) is 2. The Labute approximate surface area is 110 Å². The topological polar surface area (TPSA) is 37.8 Å². The van der Waals surface area contributed by atoms with E-state index in [1.54, 1.807) is 12.1 Å². The van der Waals surface area contributed by atoms with E-state index in [2.05, 4.69) is 15.5 Å². The minimum atomic E-state index is -4.28. The highest BCUT2D eigenvalue weighted by Gasteiger charge is 2.29. The van der Waals surface area contributed by atoms with Crippen molar-refractivity contribution in [1.29, 1.82) is 0 Å². The first kappa shape index (κ1) is 13.7. The molecule has 0 saturated carbocycles. The molecule has 102 valence electrons. The first-order valence-electron chi connectivity index (χ1n) is 5.30. The van der Waals surface area contributed by atoms with Crippen molar-refractivity contribution in [2.24, 2.45) is 0 Å². The lowest BCUT2D eigenvalue weighted by atomic mass is 10.2. The van der Waals surface area contributed by atoms with Crippen LogP contribution in [0, 0.1) is 5.82 Å². The summed E-state index contributed by atoms with van der Waals surface area (Å²) in [6.07, 6.45) is -5.36. The summed E-state index contributed by atoms with van der Waals surface area (Å²) in [5, 5.41) is 10.1. The van der Waals surface area contributed by atoms with E-state index in [9.17, 15) is 17.6 Å². The molecule has 0 amide bonds. The lowest BCUT2D eigenvalue weighted by Gasteiger charge is -2.02. The van der Waals surface area contributed by atoms with Crippen molar-refractivity contribution in [3.8, 4) is 0 Å². The fourth-order valence-corrected chi connectivity index (χ4v) is 2.11. The highest BCUT2D eigenvalue weighted by atomic mass is 32.1. The minimum Gasteiger partial charge on any atom is -0.356 e. The molecule has 1 aromatic carbocycles. The van der Waals surface area contributed by atoms with Crippen LogP contribution in [-0.4, -0.2) is 16.4 Å². The van der Waals surface area contributed by atoms with Gasteiger partial charge in [-0.3, -0.25) is 0 Å². The van der Waals surface area contributed by atoms with E-state index < -0.39 is 12.6 Å². The molecule has 3 nitrogen and oxygen atoms in total. The standard InChI is InChI=1S/C11H9F4N3S/c12-8-3-1-7(2-4-8)6-16-10-18-17-9(19-10)5-11(13,14)15/h1-4H,5-6H2,(H,16,18). The van der Waals surface area contributed by atoms with Gasteiger partial charge in [-0.25, -0.2) is 4.39 Å². The summed E-state index contributed by atoms with van der Waals surface area (Å²) in [4.78, 5) is 0. The number of hydrogen-bond donors (Lipinski definition) is 1. The van der Waals surface area contributed by atoms with E-state index in [0.29, 0.717) is 11.7 Å². The Morgan fingerprint density at radius 2 is 1.79 bits per heavy atom. The van der Waals surface area contributed by atoms with Gasteiger partial charge < -0.3 is 5.32 Å². The van der Waals surface area contributed by atoms with Gasteiger partial charge in [0, 0.05) is 6.54 Å². The van der Waals surface area contributed by atoms with E-state index in [1.165, 1.54) is 12.1 Å². The highest BCUT2D eigenvalue weighted by Crippen LogP contribution is 2.25. The summed E-state index contributed by atoms with van der Waals surface area (Å²) >= 11 is 0.855. The van der Waals surface area contributed by atoms with Gasteiger partial charge in [0.1, 0.15) is 10.8 Å². The van der Waals surface area contributed by atoms with Crippen LogP contribution in [0.15, 0.2) is 24.3 Å². The molecule has 0 aliphatic heterocycles. The van der Waals surface area contributed by atoms with Crippen LogP contribution in [0.3, 0.4) is 0 Å². The zero-order valence-corrected chi connectivity index (χ0v) is 10.4. The molecule has 0 bridgehead atoms. The van der Waals surface area contributed by atoms with Crippen molar-refractivity contribution < 1.29 is 17.6 Å². The van der Waals surface area contributed by atoms with Crippen molar-refractivity contribution in [3.05, 3.63) is 40.7 Å². The molecule has 1 heterocycles. The van der Waals surface area contributed by atoms with E-state index in [0.717, 1.165) is 16.9 Å². The number of anilines is 1. The molecular formula is C11H9F4N3S. The molecule has 8 heteroatoms. The Morgan fingerprint density at radius 3 is 2.42 bits per heavy atom. The maximum absolute atomic E-state index is 12.7. The second kappa shape index (κ2) is 5.52. The lowest BCUT2D eigenvalue weighted by molar-refractivity contribution is -0.127. The van der Waals surface area contributed by atoms with Crippen molar-refractivity contribution in [1.82, 2.24) is 10.2 Å². The number of hydrogen-bond acceptors (Lipinski definition) is 4. The molecule has 19 heavy (non-hydrogen) atoms. The van der Waals surface area contributed by atoms with Crippen LogP contribution in [0.4, 0.5) is 22.7 Å². The van der Waals surface area contributed by atoms with Gasteiger partial charge in [-0.15, -0.1) is 10.2 Å². The molecule has 0 aliphatic rings. The summed E-state index contributed by atoms with van der Waals surface area (Å²) in [6, 6.07) is 5.79. The SMILES string of the molecule is Fc1ccc(CNc2nnc(CC(F)(F)F)s2)cc1. The summed E-state index contributed by atoms with van der Waals surface area (Å²) in [5.74, 6) is -0.341. The van der Waals surface area contributed by atoms with Crippen LogP contribution < -0.4 is 5.32 Å². The molecule has 2 aromatic rings. The Morgan fingerprint density at radius 1 is 1.11 bits per heavy atom. The third-order valence-electron chi connectivity index (χ3n) is 2.18. The molecule has 0 unspecified atom stereocenters. The van der Waals surface area contributed by atoms with E-state index in [-0.39, 0.29) is 10.8 Å². The summed E-state index contributed by atoms with van der Waals surface area (Å²) in [7, 11) is 0. The van der Waals surface area contributed by atoms with Crippen LogP contribution in [0.1, 0.15) is 10.6 Å². The Bertz CT molecular complexity index is 536. The van der Waals surface area contributed by atoms with Gasteiger partial charge in [-0.1, -0.05) is 23.5 Å². The number of nitrogens with one attached hydrogen (secondary N) is 1. The van der Waals surface area contributed by atoms with Crippen molar-refractivity contribution in [2.75, 3.05) is 5.32 Å². The zero-order chi connectivity index (χ0) is 13.9.